The molecule has 2 N–H and O–H groups in total. The molecule has 0 saturated heterocycles. The topological polar surface area (TPSA) is 57.5 Å². The van der Waals surface area contributed by atoms with E-state index in [9.17, 15) is 4.79 Å². The Balaban J connectivity index is 3.44. The zero-order valence-electron chi connectivity index (χ0n) is 12.5. The van der Waals surface area contributed by atoms with Gasteiger partial charge in [0.05, 0.1) is 0 Å². The highest BCUT2D eigenvalue weighted by Crippen LogP contribution is 2.08. The zero-order valence-corrected chi connectivity index (χ0v) is 12.5. The lowest BCUT2D eigenvalue weighted by molar-refractivity contribution is -0.137. The Hall–Kier alpha value is -1.97. The van der Waals surface area contributed by atoms with Crippen LogP contribution in [0.5, 0.6) is 0 Å². The highest BCUT2D eigenvalue weighted by atomic mass is 16.4. The molecule has 0 fully saturated rings. The molecule has 0 amide bonds. The molecule has 3 heteroatoms. The second-order valence-corrected chi connectivity index (χ2v) is 4.68. The van der Waals surface area contributed by atoms with Gasteiger partial charge in [-0.2, -0.15) is 0 Å². The summed E-state index contributed by atoms with van der Waals surface area (Å²) in [5.41, 5.74) is 0. The third-order valence-electron chi connectivity index (χ3n) is 2.79. The van der Waals surface area contributed by atoms with Gasteiger partial charge in [0.25, 0.3) is 0 Å². The third kappa shape index (κ3) is 16.0. The largest absolute Gasteiger partial charge is 0.481 e. The Bertz CT molecular complexity index is 441. The molecule has 0 aromatic rings. The number of allylic oxidation sites excluding steroid dienone is 2. The van der Waals surface area contributed by atoms with Crippen molar-refractivity contribution in [3.63, 3.8) is 0 Å². The summed E-state index contributed by atoms with van der Waals surface area (Å²) >= 11 is 0. The molecule has 0 spiro atoms. The lowest BCUT2D eigenvalue weighted by Crippen LogP contribution is -1.94. The minimum Gasteiger partial charge on any atom is -0.481 e. The molecule has 0 aliphatic rings. The second kappa shape index (κ2) is 14.4. The fourth-order valence-corrected chi connectivity index (χ4v) is 1.63. The first kappa shape index (κ1) is 19.0. The van der Waals surface area contributed by atoms with Crippen LogP contribution in [0.2, 0.25) is 0 Å². The molecule has 114 valence electrons. The molecule has 0 rings (SSSR count). The molecule has 0 aliphatic carbocycles. The first-order valence-electron chi connectivity index (χ1n) is 7.35. The Morgan fingerprint density at radius 3 is 2.43 bits per heavy atom. The van der Waals surface area contributed by atoms with E-state index in [0.29, 0.717) is 0 Å². The molecule has 3 nitrogen and oxygen atoms in total. The molecule has 1 atom stereocenters. The number of aliphatic carboxylic acids is 1. The summed E-state index contributed by atoms with van der Waals surface area (Å²) < 4.78 is 0. The average Bonchev–Trinajstić information content (AvgIpc) is 2.46. The van der Waals surface area contributed by atoms with Crippen molar-refractivity contribution in [3.05, 3.63) is 24.8 Å². The van der Waals surface area contributed by atoms with Crippen molar-refractivity contribution >= 4 is 5.97 Å². The third-order valence-corrected chi connectivity index (χ3v) is 2.79. The SMILES string of the molecule is C=C[C@H](O)C#CC#C/C=C\CCCCCCCCC(=O)O. The van der Waals surface area contributed by atoms with Crippen LogP contribution in [0.3, 0.4) is 0 Å². The van der Waals surface area contributed by atoms with Crippen LogP contribution >= 0.6 is 0 Å². The molecule has 0 aromatic carbocycles. The lowest BCUT2D eigenvalue weighted by Gasteiger charge is -1.98. The van der Waals surface area contributed by atoms with Gasteiger partial charge in [-0.1, -0.05) is 56.3 Å². The van der Waals surface area contributed by atoms with Crippen LogP contribution in [0.4, 0.5) is 0 Å². The van der Waals surface area contributed by atoms with Gasteiger partial charge in [0, 0.05) is 6.42 Å². The van der Waals surface area contributed by atoms with Gasteiger partial charge in [0.15, 0.2) is 0 Å². The fraction of sp³-hybridized carbons (Fsp3) is 0.500. The lowest BCUT2D eigenvalue weighted by atomic mass is 10.1. The van der Waals surface area contributed by atoms with Crippen molar-refractivity contribution in [1.82, 2.24) is 0 Å². The number of aliphatic hydroxyl groups excluding tert-OH is 1. The summed E-state index contributed by atoms with van der Waals surface area (Å²) in [6.45, 7) is 3.41. The van der Waals surface area contributed by atoms with Crippen LogP contribution in [0, 0.1) is 23.7 Å². The highest BCUT2D eigenvalue weighted by Gasteiger charge is 1.95. The van der Waals surface area contributed by atoms with E-state index in [-0.39, 0.29) is 6.42 Å². The Kier molecular flexibility index (Phi) is 13.1. The summed E-state index contributed by atoms with van der Waals surface area (Å²) in [6.07, 6.45) is 12.0. The molecular weight excluding hydrogens is 264 g/mol. The predicted molar refractivity (Wildman–Crippen MR) is 85.5 cm³/mol. The molecule has 21 heavy (non-hydrogen) atoms. The molecule has 0 aromatic heterocycles. The van der Waals surface area contributed by atoms with Crippen LogP contribution in [0.15, 0.2) is 24.8 Å². The summed E-state index contributed by atoms with van der Waals surface area (Å²) in [5, 5.41) is 17.5. The molecule has 0 aliphatic heterocycles. The van der Waals surface area contributed by atoms with Gasteiger partial charge in [-0.15, -0.1) is 0 Å². The quantitative estimate of drug-likeness (QED) is 0.368. The molecule has 0 unspecified atom stereocenters. The van der Waals surface area contributed by atoms with E-state index in [2.05, 4.69) is 30.3 Å². The van der Waals surface area contributed by atoms with Gasteiger partial charge >= 0.3 is 5.97 Å². The van der Waals surface area contributed by atoms with E-state index in [0.717, 1.165) is 44.9 Å². The van der Waals surface area contributed by atoms with Crippen molar-refractivity contribution in [2.45, 2.75) is 57.5 Å². The predicted octanol–water partition coefficient (Wildman–Crippen LogP) is 3.30. The number of unbranched alkanes of at least 4 members (excludes halogenated alkanes) is 6. The van der Waals surface area contributed by atoms with Crippen molar-refractivity contribution in [3.8, 4) is 23.7 Å². The maximum Gasteiger partial charge on any atom is 0.303 e. The van der Waals surface area contributed by atoms with Crippen molar-refractivity contribution in [1.29, 1.82) is 0 Å². The van der Waals surface area contributed by atoms with E-state index < -0.39 is 12.1 Å². The monoisotopic (exact) mass is 288 g/mol. The Morgan fingerprint density at radius 1 is 1.10 bits per heavy atom. The van der Waals surface area contributed by atoms with Crippen LogP contribution in [0.1, 0.15) is 51.4 Å². The molecule has 0 saturated carbocycles. The number of carboxylic acids is 1. The standard InChI is InChI=1S/C18H24O3/c1-2-17(19)15-13-11-9-7-5-3-4-6-8-10-12-14-16-18(20)21/h2,5,7,17,19H,1,3-4,6,8,10,12,14,16H2,(H,20,21)/b7-5-/t17-/m0/s1. The maximum absolute atomic E-state index is 10.3. The average molecular weight is 288 g/mol. The van der Waals surface area contributed by atoms with Gasteiger partial charge in [0.1, 0.15) is 6.10 Å². The van der Waals surface area contributed by atoms with Crippen LogP contribution in [-0.2, 0) is 4.79 Å². The van der Waals surface area contributed by atoms with Gasteiger partial charge in [-0.25, -0.2) is 0 Å². The highest BCUT2D eigenvalue weighted by molar-refractivity contribution is 5.66. The van der Waals surface area contributed by atoms with E-state index in [4.69, 9.17) is 10.2 Å². The van der Waals surface area contributed by atoms with Gasteiger partial charge in [-0.3, -0.25) is 4.79 Å². The van der Waals surface area contributed by atoms with E-state index in [1.165, 1.54) is 6.08 Å². The van der Waals surface area contributed by atoms with E-state index in [1.807, 2.05) is 6.08 Å². The number of carbonyl (C=O) groups is 1. The molecule has 0 radical (unpaired) electrons. The summed E-state index contributed by atoms with van der Waals surface area (Å²) in [7, 11) is 0. The van der Waals surface area contributed by atoms with Crippen molar-refractivity contribution in [2.75, 3.05) is 0 Å². The number of rotatable bonds is 10. The van der Waals surface area contributed by atoms with Crippen LogP contribution in [-0.4, -0.2) is 22.3 Å². The minimum absolute atomic E-state index is 0.286. The second-order valence-electron chi connectivity index (χ2n) is 4.68. The summed E-state index contributed by atoms with van der Waals surface area (Å²) in [5.74, 6) is 9.78. The van der Waals surface area contributed by atoms with Crippen molar-refractivity contribution < 1.29 is 15.0 Å². The maximum atomic E-state index is 10.3. The van der Waals surface area contributed by atoms with Crippen LogP contribution in [0.25, 0.3) is 0 Å². The molecular formula is C18H24O3. The normalized spacial score (nSPS) is 11.1. The summed E-state index contributed by atoms with van der Waals surface area (Å²) in [6, 6.07) is 0. The number of hydrogen-bond acceptors (Lipinski definition) is 2. The van der Waals surface area contributed by atoms with Gasteiger partial charge in [-0.05, 0) is 37.2 Å². The molecule has 0 heterocycles. The van der Waals surface area contributed by atoms with Crippen molar-refractivity contribution in [2.24, 2.45) is 0 Å². The zero-order chi connectivity index (χ0) is 15.8. The number of aliphatic hydroxyl groups is 1. The number of carboxylic acid groups (broad SMARTS) is 1. The van der Waals surface area contributed by atoms with Gasteiger partial charge in [0.2, 0.25) is 0 Å². The first-order valence-corrected chi connectivity index (χ1v) is 7.35. The minimum atomic E-state index is -0.807. The Labute approximate surface area is 127 Å². The van der Waals surface area contributed by atoms with E-state index in [1.54, 1.807) is 6.08 Å². The fourth-order valence-electron chi connectivity index (χ4n) is 1.63. The Morgan fingerprint density at radius 2 is 1.76 bits per heavy atom. The summed E-state index contributed by atoms with van der Waals surface area (Å²) in [4.78, 5) is 10.3. The van der Waals surface area contributed by atoms with Gasteiger partial charge < -0.3 is 10.2 Å². The first-order chi connectivity index (χ1) is 10.2. The molecule has 0 bridgehead atoms. The number of hydrogen-bond donors (Lipinski definition) is 2. The van der Waals surface area contributed by atoms with Crippen LogP contribution < -0.4 is 0 Å². The smallest absolute Gasteiger partial charge is 0.303 e. The van der Waals surface area contributed by atoms with E-state index >= 15 is 0 Å².